The second-order valence-corrected chi connectivity index (χ2v) is 6.91. The van der Waals surface area contributed by atoms with E-state index in [2.05, 4.69) is 16.0 Å². The molecule has 1 N–H and O–H groups in total. The number of aromatic hydroxyl groups is 1. The Balaban J connectivity index is 0.00000306. The van der Waals surface area contributed by atoms with Crippen molar-refractivity contribution < 1.29 is 48.1 Å². The van der Waals surface area contributed by atoms with Crippen LogP contribution in [0, 0.1) is 17.7 Å². The first-order chi connectivity index (χ1) is 15.3. The van der Waals surface area contributed by atoms with Crippen molar-refractivity contribution in [2.75, 3.05) is 0 Å². The van der Waals surface area contributed by atoms with Crippen LogP contribution < -0.4 is 0 Å². The first kappa shape index (κ1) is 24.5. The van der Waals surface area contributed by atoms with Crippen LogP contribution >= 0.6 is 0 Å². The Bertz CT molecular complexity index is 1280. The largest absolute Gasteiger partial charge is 0.508 e. The number of aromatic nitrogens is 2. The summed E-state index contributed by atoms with van der Waals surface area (Å²) in [5.41, 5.74) is -2.64. The number of nitrogens with zero attached hydrogens (tertiary/aromatic N) is 2. The number of benzene rings is 2. The molecule has 0 aliphatic carbocycles. The molecule has 4 aromatic rings. The number of hydrogen-bond acceptors (Lipinski definition) is 3. The van der Waals surface area contributed by atoms with Crippen LogP contribution in [-0.2, 0) is 33.7 Å². The zero-order chi connectivity index (χ0) is 22.9. The first-order valence-electron chi connectivity index (χ1n) is 9.41. The van der Waals surface area contributed by atoms with Gasteiger partial charge in [0.25, 0.3) is 0 Å². The summed E-state index contributed by atoms with van der Waals surface area (Å²) in [5.74, 6) is -3.57. The summed E-state index contributed by atoms with van der Waals surface area (Å²) in [6, 6.07) is 17.6. The van der Waals surface area contributed by atoms with E-state index in [1.54, 1.807) is 24.3 Å². The van der Waals surface area contributed by atoms with Gasteiger partial charge in [-0.2, -0.15) is 13.2 Å². The topological polar surface area (TPSA) is 46.0 Å². The molecule has 0 saturated heterocycles. The molecule has 0 unspecified atom stereocenters. The van der Waals surface area contributed by atoms with Gasteiger partial charge in [0.2, 0.25) is 0 Å². The summed E-state index contributed by atoms with van der Waals surface area (Å²) < 4.78 is 70.3. The fourth-order valence-electron chi connectivity index (χ4n) is 3.27. The maximum Gasteiger partial charge on any atom is 0.408 e. The van der Waals surface area contributed by atoms with Crippen molar-refractivity contribution in [3.05, 3.63) is 101 Å². The van der Waals surface area contributed by atoms with Gasteiger partial charge in [-0.05, 0) is 23.8 Å². The molecule has 2 aromatic carbocycles. The summed E-state index contributed by atoms with van der Waals surface area (Å²) >= 11 is 0. The molecule has 172 valence electrons. The molecule has 4 rings (SSSR count). The van der Waals surface area contributed by atoms with Gasteiger partial charge in [0.15, 0.2) is 0 Å². The minimum absolute atomic E-state index is 0. The normalized spacial score (nSPS) is 11.2. The Morgan fingerprint density at radius 2 is 1.45 bits per heavy atom. The van der Waals surface area contributed by atoms with E-state index < -0.39 is 34.5 Å². The average Bonchev–Trinajstić information content (AvgIpc) is 2.75. The van der Waals surface area contributed by atoms with E-state index in [0.29, 0.717) is 11.3 Å². The first-order valence-corrected chi connectivity index (χ1v) is 9.41. The second kappa shape index (κ2) is 9.79. The Kier molecular flexibility index (Phi) is 7.27. The summed E-state index contributed by atoms with van der Waals surface area (Å²) in [6.07, 6.45) is -3.85. The summed E-state index contributed by atoms with van der Waals surface area (Å²) in [5, 5.41) is 9.95. The van der Waals surface area contributed by atoms with Gasteiger partial charge >= 0.3 is 6.18 Å². The SMILES string of the molecule is Oc1ccccc1Cc1cccc(-c2[c-]c(-c3ccccn3)c(F)c(C(F)(F)F)c2F)n1.[Pt]. The molecule has 0 aliphatic rings. The molecule has 0 radical (unpaired) electrons. The molecule has 2 heterocycles. The van der Waals surface area contributed by atoms with Gasteiger partial charge in [-0.3, -0.25) is 18.7 Å². The number of alkyl halides is 3. The van der Waals surface area contributed by atoms with Crippen molar-refractivity contribution in [3.63, 3.8) is 0 Å². The minimum Gasteiger partial charge on any atom is -0.508 e. The van der Waals surface area contributed by atoms with Crippen LogP contribution in [0.25, 0.3) is 22.5 Å². The predicted molar refractivity (Wildman–Crippen MR) is 108 cm³/mol. The second-order valence-electron chi connectivity index (χ2n) is 6.91. The monoisotopic (exact) mass is 636 g/mol. The van der Waals surface area contributed by atoms with Crippen molar-refractivity contribution in [2.24, 2.45) is 0 Å². The van der Waals surface area contributed by atoms with Gasteiger partial charge in [0.05, 0.1) is 17.2 Å². The molecule has 0 saturated carbocycles. The van der Waals surface area contributed by atoms with E-state index in [0.717, 1.165) is 0 Å². The van der Waals surface area contributed by atoms with Crippen LogP contribution in [0.2, 0.25) is 0 Å². The van der Waals surface area contributed by atoms with E-state index in [1.165, 1.54) is 42.6 Å². The van der Waals surface area contributed by atoms with Crippen molar-refractivity contribution in [3.8, 4) is 28.3 Å². The molecular weight excluding hydrogens is 622 g/mol. The van der Waals surface area contributed by atoms with Crippen molar-refractivity contribution in [1.29, 1.82) is 0 Å². The van der Waals surface area contributed by atoms with Crippen LogP contribution in [0.4, 0.5) is 22.0 Å². The van der Waals surface area contributed by atoms with Crippen molar-refractivity contribution in [2.45, 2.75) is 12.6 Å². The number of halogens is 5. The zero-order valence-corrected chi connectivity index (χ0v) is 18.9. The van der Waals surface area contributed by atoms with Gasteiger partial charge in [0, 0.05) is 50.8 Å². The van der Waals surface area contributed by atoms with Gasteiger partial charge in [0.1, 0.15) is 5.75 Å². The smallest absolute Gasteiger partial charge is 0.408 e. The van der Waals surface area contributed by atoms with E-state index in [-0.39, 0.29) is 44.6 Å². The summed E-state index contributed by atoms with van der Waals surface area (Å²) in [6.45, 7) is 0. The molecule has 3 nitrogen and oxygen atoms in total. The third-order valence-corrected chi connectivity index (χ3v) is 4.76. The molecule has 0 amide bonds. The summed E-state index contributed by atoms with van der Waals surface area (Å²) in [7, 11) is 0. The quantitative estimate of drug-likeness (QED) is 0.215. The number of para-hydroxylation sites is 1. The molecule has 0 atom stereocenters. The maximum atomic E-state index is 14.9. The molecule has 33 heavy (non-hydrogen) atoms. The molecular formula is C24H14F5N2OPt-. The molecule has 0 aliphatic heterocycles. The van der Waals surface area contributed by atoms with Crippen LogP contribution in [-0.4, -0.2) is 15.1 Å². The number of phenolic OH excluding ortho intramolecular Hbond substituents is 1. The Morgan fingerprint density at radius 1 is 0.818 bits per heavy atom. The van der Waals surface area contributed by atoms with Crippen molar-refractivity contribution >= 4 is 0 Å². The standard InChI is InChI=1S/C24H14F5N2O.Pt/c25-22-16(18-8-3-4-11-30-18)13-17(23(26)21(22)24(27,28)29)19-9-5-7-15(31-19)12-14-6-1-2-10-20(14)32;/h1-11,32H,12H2;/q-1;. The number of pyridine rings is 2. The Hall–Kier alpha value is -3.12. The molecule has 0 bridgehead atoms. The molecule has 9 heteroatoms. The number of hydrogen-bond donors (Lipinski definition) is 1. The van der Waals surface area contributed by atoms with Crippen LogP contribution in [0.3, 0.4) is 0 Å². The fraction of sp³-hybridized carbons (Fsp3) is 0.0833. The summed E-state index contributed by atoms with van der Waals surface area (Å²) in [4.78, 5) is 8.11. The predicted octanol–water partition coefficient (Wildman–Crippen LogP) is 6.20. The van der Waals surface area contributed by atoms with Crippen LogP contribution in [0.5, 0.6) is 5.75 Å². The zero-order valence-electron chi connectivity index (χ0n) is 16.6. The van der Waals surface area contributed by atoms with Gasteiger partial charge in [-0.15, -0.1) is 6.07 Å². The van der Waals surface area contributed by atoms with E-state index in [9.17, 15) is 27.1 Å². The van der Waals surface area contributed by atoms with Gasteiger partial charge < -0.3 is 5.11 Å². The van der Waals surface area contributed by atoms with Crippen LogP contribution in [0.15, 0.2) is 66.9 Å². The van der Waals surface area contributed by atoms with Crippen molar-refractivity contribution in [1.82, 2.24) is 9.97 Å². The van der Waals surface area contributed by atoms with Gasteiger partial charge in [-0.1, -0.05) is 53.6 Å². The molecule has 2 aromatic heterocycles. The third-order valence-electron chi connectivity index (χ3n) is 4.76. The van der Waals surface area contributed by atoms with E-state index >= 15 is 0 Å². The maximum absolute atomic E-state index is 14.9. The van der Waals surface area contributed by atoms with Gasteiger partial charge in [-0.25, -0.2) is 0 Å². The number of rotatable bonds is 4. The minimum atomic E-state index is -5.28. The average molecular weight is 636 g/mol. The van der Waals surface area contributed by atoms with E-state index in [4.69, 9.17) is 0 Å². The Morgan fingerprint density at radius 3 is 2.09 bits per heavy atom. The number of phenols is 1. The third kappa shape index (κ3) is 5.11. The fourth-order valence-corrected chi connectivity index (χ4v) is 3.27. The van der Waals surface area contributed by atoms with E-state index in [1.807, 2.05) is 0 Å². The Labute approximate surface area is 200 Å². The molecule has 0 fully saturated rings. The molecule has 0 spiro atoms. The van der Waals surface area contributed by atoms with Crippen LogP contribution in [0.1, 0.15) is 16.8 Å².